The highest BCUT2D eigenvalue weighted by Gasteiger charge is 2.58. The number of oxime groups is 1. The molecule has 0 spiro atoms. The summed E-state index contributed by atoms with van der Waals surface area (Å²) in [5.74, 6) is 1.58. The lowest BCUT2D eigenvalue weighted by molar-refractivity contribution is -0.176. The summed E-state index contributed by atoms with van der Waals surface area (Å²) in [5.41, 5.74) is 0.538. The van der Waals surface area contributed by atoms with Crippen LogP contribution in [-0.2, 0) is 4.84 Å². The minimum atomic E-state index is -1.01. The van der Waals surface area contributed by atoms with Crippen LogP contribution in [0.1, 0.15) is 91.5 Å². The Hall–Kier alpha value is -1.59. The van der Waals surface area contributed by atoms with E-state index in [1.165, 1.54) is 12.8 Å². The van der Waals surface area contributed by atoms with Gasteiger partial charge in [0.2, 0.25) is 0 Å². The molecular formula is C28H43NO4. The number of hydrogen-bond acceptors (Lipinski definition) is 5. The number of hydrogen-bond donors (Lipinski definition) is 2. The number of benzene rings is 1. The number of aliphatic hydroxyl groups is 2. The second kappa shape index (κ2) is 8.57. The molecule has 0 amide bonds. The summed E-state index contributed by atoms with van der Waals surface area (Å²) in [6.07, 6.45) is 7.15. The highest BCUT2D eigenvalue weighted by atomic mass is 16.7. The molecule has 1 aliphatic heterocycles. The molecule has 0 bridgehead atoms. The molecule has 33 heavy (non-hydrogen) atoms. The van der Waals surface area contributed by atoms with Crippen molar-refractivity contribution in [2.45, 2.75) is 103 Å². The number of methoxy groups -OCH3 is 1. The second-order valence-electron chi connectivity index (χ2n) is 12.3. The largest absolute Gasteiger partial charge is 0.497 e. The monoisotopic (exact) mass is 457 g/mol. The molecule has 2 fully saturated rings. The van der Waals surface area contributed by atoms with Gasteiger partial charge in [0.25, 0.3) is 0 Å². The van der Waals surface area contributed by atoms with E-state index in [2.05, 4.69) is 25.9 Å². The highest BCUT2D eigenvalue weighted by molar-refractivity contribution is 6.01. The Balaban J connectivity index is 1.44. The molecule has 2 saturated carbocycles. The lowest BCUT2D eigenvalue weighted by Gasteiger charge is -2.61. The van der Waals surface area contributed by atoms with Gasteiger partial charge in [0.1, 0.15) is 11.4 Å². The Kier molecular flexibility index (Phi) is 6.37. The minimum Gasteiger partial charge on any atom is -0.497 e. The zero-order chi connectivity index (χ0) is 24.1. The van der Waals surface area contributed by atoms with Crippen LogP contribution in [0.25, 0.3) is 0 Å². The van der Waals surface area contributed by atoms with Crippen LogP contribution in [0.4, 0.5) is 0 Å². The first kappa shape index (κ1) is 24.5. The van der Waals surface area contributed by atoms with Crippen molar-refractivity contribution in [2.24, 2.45) is 27.8 Å². The van der Waals surface area contributed by atoms with Gasteiger partial charge in [0.15, 0.2) is 6.10 Å². The predicted molar refractivity (Wildman–Crippen MR) is 131 cm³/mol. The fourth-order valence-electron chi connectivity index (χ4n) is 7.53. The SMILES string of the molecule is COc1ccc(C2=NO[C@H]([C@](C)(O)CC[C@H]3[C@]4(C)CCCC(C)(C)[C@@H]4CC[C@@]3(C)O)C2)cc1. The first-order valence-corrected chi connectivity index (χ1v) is 12.7. The Morgan fingerprint density at radius 1 is 1.12 bits per heavy atom. The molecule has 2 N–H and O–H groups in total. The molecular weight excluding hydrogens is 414 g/mol. The predicted octanol–water partition coefficient (Wildman–Crippen LogP) is 5.71. The molecule has 184 valence electrons. The summed E-state index contributed by atoms with van der Waals surface area (Å²) in [4.78, 5) is 5.74. The van der Waals surface area contributed by atoms with E-state index in [0.717, 1.165) is 42.7 Å². The van der Waals surface area contributed by atoms with Gasteiger partial charge in [-0.3, -0.25) is 0 Å². The molecule has 5 nitrogen and oxygen atoms in total. The minimum absolute atomic E-state index is 0.0981. The first-order valence-electron chi connectivity index (χ1n) is 12.7. The molecule has 0 radical (unpaired) electrons. The quantitative estimate of drug-likeness (QED) is 0.574. The van der Waals surface area contributed by atoms with Crippen LogP contribution in [0.2, 0.25) is 0 Å². The molecule has 0 unspecified atom stereocenters. The van der Waals surface area contributed by atoms with E-state index in [1.807, 2.05) is 38.1 Å². The summed E-state index contributed by atoms with van der Waals surface area (Å²) >= 11 is 0. The molecule has 5 heteroatoms. The van der Waals surface area contributed by atoms with Crippen LogP contribution >= 0.6 is 0 Å². The van der Waals surface area contributed by atoms with E-state index in [1.54, 1.807) is 7.11 Å². The van der Waals surface area contributed by atoms with Gasteiger partial charge in [-0.1, -0.05) is 32.3 Å². The van der Waals surface area contributed by atoms with E-state index in [0.29, 0.717) is 24.2 Å². The van der Waals surface area contributed by atoms with Gasteiger partial charge in [-0.05, 0) is 105 Å². The van der Waals surface area contributed by atoms with Gasteiger partial charge in [-0.15, -0.1) is 0 Å². The maximum absolute atomic E-state index is 11.5. The van der Waals surface area contributed by atoms with Crippen LogP contribution < -0.4 is 4.74 Å². The molecule has 0 aromatic heterocycles. The summed E-state index contributed by atoms with van der Waals surface area (Å²) < 4.78 is 5.24. The van der Waals surface area contributed by atoms with E-state index < -0.39 is 11.2 Å². The molecule has 1 aromatic rings. The van der Waals surface area contributed by atoms with Crippen molar-refractivity contribution >= 4 is 5.71 Å². The van der Waals surface area contributed by atoms with Gasteiger partial charge < -0.3 is 19.8 Å². The maximum Gasteiger partial charge on any atom is 0.161 e. The standard InChI is InChI=1S/C28H43NO4/c1-25(2)14-7-15-26(3)22(25)12-16-27(4,30)23(26)13-17-28(5,31)24-18-21(29-33-24)19-8-10-20(32-6)11-9-19/h8-11,22-24,30-31H,7,12-18H2,1-6H3/t22-,23-,24-,26+,27+,28+/m0/s1. The zero-order valence-corrected chi connectivity index (χ0v) is 21.4. The highest BCUT2D eigenvalue weighted by Crippen LogP contribution is 2.63. The maximum atomic E-state index is 11.5. The molecule has 0 saturated heterocycles. The molecule has 4 rings (SSSR count). The Morgan fingerprint density at radius 3 is 2.48 bits per heavy atom. The Labute approximate surface area is 199 Å². The third-order valence-electron chi connectivity index (χ3n) is 9.49. The van der Waals surface area contributed by atoms with Gasteiger partial charge in [0, 0.05) is 6.42 Å². The van der Waals surface area contributed by atoms with Crippen molar-refractivity contribution in [3.8, 4) is 5.75 Å². The fraction of sp³-hybridized carbons (Fsp3) is 0.750. The van der Waals surface area contributed by atoms with Crippen molar-refractivity contribution < 1.29 is 19.8 Å². The van der Waals surface area contributed by atoms with Crippen molar-refractivity contribution in [3.05, 3.63) is 29.8 Å². The Morgan fingerprint density at radius 2 is 1.82 bits per heavy atom. The molecule has 1 aromatic carbocycles. The molecule has 2 aliphatic carbocycles. The van der Waals surface area contributed by atoms with Crippen molar-refractivity contribution in [3.63, 3.8) is 0 Å². The smallest absolute Gasteiger partial charge is 0.161 e. The zero-order valence-electron chi connectivity index (χ0n) is 21.4. The Bertz CT molecular complexity index is 872. The van der Waals surface area contributed by atoms with Gasteiger partial charge in [-0.25, -0.2) is 0 Å². The molecule has 3 aliphatic rings. The van der Waals surface area contributed by atoms with E-state index in [4.69, 9.17) is 9.57 Å². The third kappa shape index (κ3) is 4.55. The fourth-order valence-corrected chi connectivity index (χ4v) is 7.53. The van der Waals surface area contributed by atoms with E-state index in [9.17, 15) is 10.2 Å². The van der Waals surface area contributed by atoms with Crippen LogP contribution in [0.5, 0.6) is 5.75 Å². The average Bonchev–Trinajstić information content (AvgIpc) is 3.23. The summed E-state index contributed by atoms with van der Waals surface area (Å²) in [5, 5.41) is 27.2. The normalized spacial score (nSPS) is 37.5. The average molecular weight is 458 g/mol. The lowest BCUT2D eigenvalue weighted by atomic mass is 9.45. The number of fused-ring (bicyclic) bond motifs is 1. The number of nitrogens with zero attached hydrogens (tertiary/aromatic N) is 1. The lowest BCUT2D eigenvalue weighted by Crippen LogP contribution is -2.58. The van der Waals surface area contributed by atoms with Crippen molar-refractivity contribution in [2.75, 3.05) is 7.11 Å². The number of rotatable bonds is 6. The van der Waals surface area contributed by atoms with E-state index in [-0.39, 0.29) is 17.4 Å². The van der Waals surface area contributed by atoms with Crippen molar-refractivity contribution in [1.29, 1.82) is 0 Å². The van der Waals surface area contributed by atoms with Crippen molar-refractivity contribution in [1.82, 2.24) is 0 Å². The second-order valence-corrected chi connectivity index (χ2v) is 12.3. The third-order valence-corrected chi connectivity index (χ3v) is 9.49. The first-order chi connectivity index (χ1) is 15.4. The summed E-state index contributed by atoms with van der Waals surface area (Å²) in [6, 6.07) is 7.78. The number of ether oxygens (including phenoxy) is 1. The van der Waals surface area contributed by atoms with E-state index >= 15 is 0 Å². The van der Waals surface area contributed by atoms with Gasteiger partial charge in [-0.2, -0.15) is 0 Å². The van der Waals surface area contributed by atoms with Crippen LogP contribution in [0.3, 0.4) is 0 Å². The van der Waals surface area contributed by atoms with Crippen LogP contribution in [-0.4, -0.2) is 40.3 Å². The summed E-state index contributed by atoms with van der Waals surface area (Å²) in [6.45, 7) is 11.1. The van der Waals surface area contributed by atoms with Crippen LogP contribution in [0, 0.1) is 22.7 Å². The molecule has 6 atom stereocenters. The summed E-state index contributed by atoms with van der Waals surface area (Å²) in [7, 11) is 1.65. The van der Waals surface area contributed by atoms with Gasteiger partial charge >= 0.3 is 0 Å². The topological polar surface area (TPSA) is 71.3 Å². The van der Waals surface area contributed by atoms with Gasteiger partial charge in [0.05, 0.1) is 18.4 Å². The molecule has 1 heterocycles. The van der Waals surface area contributed by atoms with Crippen LogP contribution in [0.15, 0.2) is 29.4 Å².